The molecular formula is C5H7Cl2FO2. The van der Waals surface area contributed by atoms with Gasteiger partial charge in [-0.1, -0.05) is 11.6 Å². The van der Waals surface area contributed by atoms with E-state index < -0.39 is 16.5 Å². The lowest BCUT2D eigenvalue weighted by Gasteiger charge is -2.17. The van der Waals surface area contributed by atoms with Gasteiger partial charge in [-0.25, -0.2) is 4.39 Å². The Labute approximate surface area is 68.2 Å². The van der Waals surface area contributed by atoms with Crippen molar-refractivity contribution in [2.24, 2.45) is 0 Å². The number of esters is 1. The molecule has 0 aliphatic heterocycles. The van der Waals surface area contributed by atoms with Gasteiger partial charge in [-0.15, -0.1) is 11.6 Å². The van der Waals surface area contributed by atoms with Gasteiger partial charge in [-0.05, 0) is 6.92 Å². The summed E-state index contributed by atoms with van der Waals surface area (Å²) >= 11 is 10.3. The van der Waals surface area contributed by atoms with E-state index in [0.717, 1.165) is 14.0 Å². The van der Waals surface area contributed by atoms with E-state index >= 15 is 0 Å². The maximum Gasteiger partial charge on any atom is 0.331 e. The number of carbonyl (C=O) groups excluding carboxylic acids is 1. The van der Waals surface area contributed by atoms with Crippen LogP contribution in [0.5, 0.6) is 0 Å². The van der Waals surface area contributed by atoms with Gasteiger partial charge in [0.25, 0.3) is 0 Å². The van der Waals surface area contributed by atoms with Crippen LogP contribution in [0.4, 0.5) is 4.39 Å². The Hall–Kier alpha value is -0.0200. The van der Waals surface area contributed by atoms with Crippen molar-refractivity contribution in [1.29, 1.82) is 0 Å². The van der Waals surface area contributed by atoms with E-state index in [1.54, 1.807) is 0 Å². The smallest absolute Gasteiger partial charge is 0.331 e. The van der Waals surface area contributed by atoms with E-state index in [1.165, 1.54) is 0 Å². The standard InChI is InChI=1S/C5H7Cl2FO2/c1-5(7,3(6)8)4(9)10-2/h3H,1-2H3. The van der Waals surface area contributed by atoms with Gasteiger partial charge in [-0.2, -0.15) is 0 Å². The van der Waals surface area contributed by atoms with Crippen LogP contribution in [0.25, 0.3) is 0 Å². The molecule has 60 valence electrons. The summed E-state index contributed by atoms with van der Waals surface area (Å²) < 4.78 is 16.4. The molecule has 0 spiro atoms. The molecule has 0 saturated carbocycles. The van der Waals surface area contributed by atoms with Crippen LogP contribution in [0.3, 0.4) is 0 Å². The first-order chi connectivity index (χ1) is 4.42. The molecule has 10 heavy (non-hydrogen) atoms. The molecule has 2 unspecified atom stereocenters. The molecule has 0 radical (unpaired) electrons. The number of rotatable bonds is 2. The molecule has 0 aliphatic carbocycles. The summed E-state index contributed by atoms with van der Waals surface area (Å²) in [6, 6.07) is 0. The van der Waals surface area contributed by atoms with Crippen LogP contribution in [0.1, 0.15) is 6.92 Å². The van der Waals surface area contributed by atoms with Crippen molar-refractivity contribution in [3.63, 3.8) is 0 Å². The molecule has 2 nitrogen and oxygen atoms in total. The maximum atomic E-state index is 12.2. The lowest BCUT2D eigenvalue weighted by atomic mass is 10.2. The Morgan fingerprint density at radius 1 is 1.80 bits per heavy atom. The van der Waals surface area contributed by atoms with E-state index in [2.05, 4.69) is 4.74 Å². The van der Waals surface area contributed by atoms with E-state index in [9.17, 15) is 9.18 Å². The van der Waals surface area contributed by atoms with Crippen molar-refractivity contribution in [1.82, 2.24) is 0 Å². The van der Waals surface area contributed by atoms with Gasteiger partial charge < -0.3 is 4.74 Å². The zero-order valence-electron chi connectivity index (χ0n) is 5.53. The zero-order chi connectivity index (χ0) is 8.36. The predicted octanol–water partition coefficient (Wildman–Crippen LogP) is 1.69. The molecule has 0 aromatic rings. The molecule has 0 saturated heterocycles. The van der Waals surface area contributed by atoms with Crippen molar-refractivity contribution in [2.75, 3.05) is 7.11 Å². The second-order valence-electron chi connectivity index (χ2n) is 1.87. The summed E-state index contributed by atoms with van der Waals surface area (Å²) in [7, 11) is 1.11. The lowest BCUT2D eigenvalue weighted by molar-refractivity contribution is -0.144. The average Bonchev–Trinajstić information content (AvgIpc) is 1.86. The van der Waals surface area contributed by atoms with Gasteiger partial charge in [0.05, 0.1) is 7.11 Å². The number of halogens is 3. The van der Waals surface area contributed by atoms with Gasteiger partial charge in [-0.3, -0.25) is 4.79 Å². The fraction of sp³-hybridized carbons (Fsp3) is 0.800. The molecule has 0 heterocycles. The second kappa shape index (κ2) is 3.39. The summed E-state index contributed by atoms with van der Waals surface area (Å²) in [6.07, 6.45) is 0. The van der Waals surface area contributed by atoms with Crippen molar-refractivity contribution in [3.8, 4) is 0 Å². The van der Waals surface area contributed by atoms with Gasteiger partial charge >= 0.3 is 5.97 Å². The molecule has 2 atom stereocenters. The van der Waals surface area contributed by atoms with Crippen molar-refractivity contribution < 1.29 is 13.9 Å². The molecule has 5 heteroatoms. The summed E-state index contributed by atoms with van der Waals surface area (Å²) in [6.45, 7) is 1.15. The van der Waals surface area contributed by atoms with Gasteiger partial charge in [0.2, 0.25) is 5.63 Å². The van der Waals surface area contributed by atoms with Crippen LogP contribution in [-0.2, 0) is 9.53 Å². The summed E-state index contributed by atoms with van der Waals surface area (Å²) in [5.74, 6) is -0.878. The van der Waals surface area contributed by atoms with Crippen LogP contribution in [0, 0.1) is 0 Å². The lowest BCUT2D eigenvalue weighted by Crippen LogP contribution is -2.37. The zero-order valence-corrected chi connectivity index (χ0v) is 7.04. The summed E-state index contributed by atoms with van der Waals surface area (Å²) in [4.78, 5) is 8.81. The number of hydrogen-bond donors (Lipinski definition) is 0. The Bertz CT molecular complexity index is 136. The Balaban J connectivity index is 4.24. The number of hydrogen-bond acceptors (Lipinski definition) is 2. The molecule has 0 N–H and O–H groups in total. The molecule has 0 aliphatic rings. The SMILES string of the molecule is COC(=O)C(C)(Cl)C(F)Cl. The molecule has 0 rings (SSSR count). The Morgan fingerprint density at radius 2 is 2.20 bits per heavy atom. The van der Waals surface area contributed by atoms with Gasteiger partial charge in [0.1, 0.15) is 0 Å². The van der Waals surface area contributed by atoms with Crippen molar-refractivity contribution in [2.45, 2.75) is 17.4 Å². The number of carbonyl (C=O) groups is 1. The van der Waals surface area contributed by atoms with E-state index in [0.29, 0.717) is 0 Å². The third-order valence-electron chi connectivity index (χ3n) is 0.994. The van der Waals surface area contributed by atoms with Crippen LogP contribution in [0.15, 0.2) is 0 Å². The quantitative estimate of drug-likeness (QED) is 0.488. The Morgan fingerprint density at radius 3 is 2.30 bits per heavy atom. The minimum absolute atomic E-state index is 0.878. The largest absolute Gasteiger partial charge is 0.468 e. The predicted molar refractivity (Wildman–Crippen MR) is 37.0 cm³/mol. The number of methoxy groups -OCH3 is 1. The van der Waals surface area contributed by atoms with Crippen LogP contribution in [0.2, 0.25) is 0 Å². The highest BCUT2D eigenvalue weighted by Crippen LogP contribution is 2.26. The monoisotopic (exact) mass is 188 g/mol. The van der Waals surface area contributed by atoms with Crippen LogP contribution >= 0.6 is 23.2 Å². The molecule has 0 fully saturated rings. The number of ether oxygens (including phenoxy) is 1. The fourth-order valence-corrected chi connectivity index (χ4v) is 0.455. The van der Waals surface area contributed by atoms with Crippen molar-refractivity contribution >= 4 is 29.2 Å². The first-order valence-corrected chi connectivity index (χ1v) is 3.29. The Kier molecular flexibility index (Phi) is 3.39. The highest BCUT2D eigenvalue weighted by atomic mass is 35.5. The van der Waals surface area contributed by atoms with Crippen molar-refractivity contribution in [3.05, 3.63) is 0 Å². The minimum Gasteiger partial charge on any atom is -0.468 e. The highest BCUT2D eigenvalue weighted by Gasteiger charge is 2.40. The fourth-order valence-electron chi connectivity index (χ4n) is 0.289. The third kappa shape index (κ3) is 1.99. The molecular weight excluding hydrogens is 182 g/mol. The molecule has 0 aromatic heterocycles. The first-order valence-electron chi connectivity index (χ1n) is 2.48. The van der Waals surface area contributed by atoms with E-state index in [4.69, 9.17) is 23.2 Å². The molecule has 0 aromatic carbocycles. The minimum atomic E-state index is -1.94. The first kappa shape index (κ1) is 9.98. The second-order valence-corrected chi connectivity index (χ2v) is 3.04. The molecule has 0 amide bonds. The van der Waals surface area contributed by atoms with E-state index in [1.807, 2.05) is 0 Å². The normalized spacial score (nSPS) is 19.3. The summed E-state index contributed by atoms with van der Waals surface area (Å²) in [5, 5.41) is 0. The third-order valence-corrected chi connectivity index (χ3v) is 1.89. The van der Waals surface area contributed by atoms with E-state index in [-0.39, 0.29) is 0 Å². The van der Waals surface area contributed by atoms with Crippen LogP contribution < -0.4 is 0 Å². The number of alkyl halides is 3. The highest BCUT2D eigenvalue weighted by molar-refractivity contribution is 6.39. The van der Waals surface area contributed by atoms with Crippen LogP contribution in [-0.4, -0.2) is 23.6 Å². The van der Waals surface area contributed by atoms with Gasteiger partial charge in [0, 0.05) is 0 Å². The molecule has 0 bridgehead atoms. The maximum absolute atomic E-state index is 12.2. The summed E-state index contributed by atoms with van der Waals surface area (Å²) in [5.41, 5.74) is -1.94. The topological polar surface area (TPSA) is 26.3 Å². The average molecular weight is 189 g/mol. The van der Waals surface area contributed by atoms with Gasteiger partial charge in [0.15, 0.2) is 4.87 Å².